The third kappa shape index (κ3) is 1.59. The summed E-state index contributed by atoms with van der Waals surface area (Å²) in [6.45, 7) is 1.39. The van der Waals surface area contributed by atoms with Crippen LogP contribution >= 0.6 is 0 Å². The van der Waals surface area contributed by atoms with Gasteiger partial charge in [0.05, 0.1) is 13.1 Å². The first-order valence-electron chi connectivity index (χ1n) is 6.76. The average Bonchev–Trinajstić information content (AvgIpc) is 3.02. The normalized spacial score (nSPS) is 18.4. The van der Waals surface area contributed by atoms with Crippen LogP contribution < -0.4 is 4.65 Å². The van der Waals surface area contributed by atoms with Gasteiger partial charge >= 0.3 is 0 Å². The highest BCUT2D eigenvalue weighted by molar-refractivity contribution is 6.05. The second-order valence-electron chi connectivity index (χ2n) is 5.32. The molecule has 0 saturated carbocycles. The SMILES string of the molecule is [O-][N+]1(c2ccc3oc4ccccc4c3c2)CCCC1. The van der Waals surface area contributed by atoms with E-state index in [0.29, 0.717) is 13.1 Å². The van der Waals surface area contributed by atoms with Crippen LogP contribution in [0.15, 0.2) is 46.9 Å². The Morgan fingerprint density at radius 1 is 0.895 bits per heavy atom. The van der Waals surface area contributed by atoms with Crippen molar-refractivity contribution in [2.75, 3.05) is 13.1 Å². The van der Waals surface area contributed by atoms with Gasteiger partial charge in [-0.1, -0.05) is 18.2 Å². The molecule has 0 atom stereocenters. The molecule has 1 aromatic heterocycles. The van der Waals surface area contributed by atoms with E-state index in [2.05, 4.69) is 0 Å². The number of rotatable bonds is 1. The van der Waals surface area contributed by atoms with Crippen LogP contribution in [0, 0.1) is 5.21 Å². The molecular weight excluding hydrogens is 238 g/mol. The Balaban J connectivity index is 1.97. The predicted octanol–water partition coefficient (Wildman–Crippen LogP) is 4.18. The van der Waals surface area contributed by atoms with E-state index in [9.17, 15) is 5.21 Å². The van der Waals surface area contributed by atoms with Crippen molar-refractivity contribution in [3.8, 4) is 0 Å². The molecule has 96 valence electrons. The molecule has 19 heavy (non-hydrogen) atoms. The van der Waals surface area contributed by atoms with Gasteiger partial charge in [0.25, 0.3) is 0 Å². The van der Waals surface area contributed by atoms with E-state index in [1.807, 2.05) is 42.5 Å². The van der Waals surface area contributed by atoms with Crippen LogP contribution in [0.25, 0.3) is 21.9 Å². The van der Waals surface area contributed by atoms with Gasteiger partial charge in [-0.25, -0.2) is 0 Å². The number of nitrogens with zero attached hydrogens (tertiary/aromatic N) is 1. The van der Waals surface area contributed by atoms with Crippen LogP contribution in [-0.4, -0.2) is 13.1 Å². The third-order valence-electron chi connectivity index (χ3n) is 4.12. The molecule has 0 unspecified atom stereocenters. The van der Waals surface area contributed by atoms with Crippen LogP contribution in [0.2, 0.25) is 0 Å². The summed E-state index contributed by atoms with van der Waals surface area (Å²) in [7, 11) is 0. The summed E-state index contributed by atoms with van der Waals surface area (Å²) < 4.78 is 5.61. The lowest BCUT2D eigenvalue weighted by atomic mass is 10.1. The number of hydrogen-bond donors (Lipinski definition) is 0. The van der Waals surface area contributed by atoms with Gasteiger partial charge in [0.1, 0.15) is 16.9 Å². The third-order valence-corrected chi connectivity index (χ3v) is 4.12. The number of quaternary nitrogens is 1. The molecule has 3 aromatic rings. The average molecular weight is 253 g/mol. The zero-order chi connectivity index (χ0) is 12.9. The number of para-hydroxylation sites is 1. The largest absolute Gasteiger partial charge is 0.627 e. The quantitative estimate of drug-likeness (QED) is 0.481. The van der Waals surface area contributed by atoms with Gasteiger partial charge in [-0.05, 0) is 12.1 Å². The molecular formula is C16H15NO2. The Labute approximate surface area is 111 Å². The summed E-state index contributed by atoms with van der Waals surface area (Å²) in [6, 6.07) is 13.8. The molecule has 1 fully saturated rings. The topological polar surface area (TPSA) is 36.2 Å². The maximum atomic E-state index is 12.7. The van der Waals surface area contributed by atoms with Crippen molar-refractivity contribution in [3.05, 3.63) is 47.7 Å². The molecule has 0 bridgehead atoms. The zero-order valence-corrected chi connectivity index (χ0v) is 10.6. The Morgan fingerprint density at radius 2 is 1.63 bits per heavy atom. The molecule has 2 aromatic carbocycles. The molecule has 0 amide bonds. The summed E-state index contributed by atoms with van der Waals surface area (Å²) in [5.41, 5.74) is 2.60. The molecule has 0 spiro atoms. The number of benzene rings is 2. The fourth-order valence-electron chi connectivity index (χ4n) is 3.07. The van der Waals surface area contributed by atoms with Gasteiger partial charge in [0.15, 0.2) is 0 Å². The highest BCUT2D eigenvalue weighted by Crippen LogP contribution is 2.35. The highest BCUT2D eigenvalue weighted by atomic mass is 16.5. The van der Waals surface area contributed by atoms with Crippen LogP contribution in [0.1, 0.15) is 12.8 Å². The zero-order valence-electron chi connectivity index (χ0n) is 10.6. The maximum absolute atomic E-state index is 12.7. The minimum absolute atomic E-state index is 0.185. The van der Waals surface area contributed by atoms with E-state index in [1.165, 1.54) is 0 Å². The standard InChI is InChI=1S/C16H15NO2/c18-17(9-3-4-10-17)12-7-8-16-14(11-12)13-5-1-2-6-15(13)19-16/h1-2,5-8,11H,3-4,9-10H2. The van der Waals surface area contributed by atoms with E-state index in [-0.39, 0.29) is 4.65 Å². The number of furan rings is 1. The van der Waals surface area contributed by atoms with Crippen molar-refractivity contribution in [1.82, 2.24) is 4.65 Å². The molecule has 1 saturated heterocycles. The Kier molecular flexibility index (Phi) is 2.22. The van der Waals surface area contributed by atoms with Gasteiger partial charge in [0.2, 0.25) is 0 Å². The van der Waals surface area contributed by atoms with Crippen molar-refractivity contribution < 1.29 is 4.42 Å². The van der Waals surface area contributed by atoms with E-state index in [0.717, 1.165) is 40.5 Å². The molecule has 0 radical (unpaired) electrons. The van der Waals surface area contributed by atoms with Crippen molar-refractivity contribution in [3.63, 3.8) is 0 Å². The molecule has 1 aliphatic heterocycles. The fourth-order valence-corrected chi connectivity index (χ4v) is 3.07. The summed E-state index contributed by atoms with van der Waals surface area (Å²) in [5, 5.41) is 14.8. The molecule has 2 heterocycles. The summed E-state index contributed by atoms with van der Waals surface area (Å²) in [4.78, 5) is 0. The van der Waals surface area contributed by atoms with E-state index < -0.39 is 0 Å². The van der Waals surface area contributed by atoms with Crippen LogP contribution in [0.5, 0.6) is 0 Å². The number of fused-ring (bicyclic) bond motifs is 3. The Bertz CT molecular complexity index is 754. The second-order valence-corrected chi connectivity index (χ2v) is 5.32. The molecule has 4 rings (SSSR count). The van der Waals surface area contributed by atoms with Gasteiger partial charge < -0.3 is 14.3 Å². The second kappa shape index (κ2) is 3.83. The van der Waals surface area contributed by atoms with E-state index >= 15 is 0 Å². The van der Waals surface area contributed by atoms with Crippen LogP contribution in [0.4, 0.5) is 5.69 Å². The summed E-state index contributed by atoms with van der Waals surface area (Å²) >= 11 is 0. The Hall–Kier alpha value is -1.84. The van der Waals surface area contributed by atoms with Crippen LogP contribution in [0.3, 0.4) is 0 Å². The minimum Gasteiger partial charge on any atom is -0.627 e. The molecule has 1 aliphatic rings. The van der Waals surface area contributed by atoms with Gasteiger partial charge in [0, 0.05) is 35.7 Å². The first-order valence-corrected chi connectivity index (χ1v) is 6.76. The lowest BCUT2D eigenvalue weighted by Crippen LogP contribution is -2.39. The fraction of sp³-hybridized carbons (Fsp3) is 0.250. The lowest BCUT2D eigenvalue weighted by Gasteiger charge is -2.37. The van der Waals surface area contributed by atoms with Crippen LogP contribution in [-0.2, 0) is 0 Å². The number of hydroxylamine groups is 2. The molecule has 0 aliphatic carbocycles. The van der Waals surface area contributed by atoms with Crippen molar-refractivity contribution in [1.29, 1.82) is 0 Å². The molecule has 3 nitrogen and oxygen atoms in total. The predicted molar refractivity (Wildman–Crippen MR) is 77.8 cm³/mol. The first-order chi connectivity index (χ1) is 9.26. The summed E-state index contributed by atoms with van der Waals surface area (Å²) in [5.74, 6) is 0. The van der Waals surface area contributed by atoms with Crippen molar-refractivity contribution >= 4 is 27.6 Å². The monoisotopic (exact) mass is 253 g/mol. The maximum Gasteiger partial charge on any atom is 0.135 e. The molecule has 3 heteroatoms. The van der Waals surface area contributed by atoms with Gasteiger partial charge in [-0.15, -0.1) is 0 Å². The smallest absolute Gasteiger partial charge is 0.135 e. The lowest BCUT2D eigenvalue weighted by molar-refractivity contribution is 0.455. The van der Waals surface area contributed by atoms with Crippen molar-refractivity contribution in [2.24, 2.45) is 0 Å². The molecule has 0 N–H and O–H groups in total. The van der Waals surface area contributed by atoms with Crippen molar-refractivity contribution in [2.45, 2.75) is 12.8 Å². The highest BCUT2D eigenvalue weighted by Gasteiger charge is 2.26. The summed E-state index contributed by atoms with van der Waals surface area (Å²) in [6.07, 6.45) is 2.04. The van der Waals surface area contributed by atoms with Gasteiger partial charge in [-0.3, -0.25) is 0 Å². The first kappa shape index (κ1) is 11.0. The minimum atomic E-state index is -0.185. The van der Waals surface area contributed by atoms with E-state index in [1.54, 1.807) is 0 Å². The number of hydrogen-bond acceptors (Lipinski definition) is 2. The Morgan fingerprint density at radius 3 is 2.47 bits per heavy atom. The van der Waals surface area contributed by atoms with Gasteiger partial charge in [-0.2, -0.15) is 0 Å². The van der Waals surface area contributed by atoms with E-state index in [4.69, 9.17) is 4.42 Å².